The summed E-state index contributed by atoms with van der Waals surface area (Å²) in [4.78, 5) is 20.3. The number of methoxy groups -OCH3 is 2. The molecular formula is C28H25N3O4. The molecule has 7 heteroatoms. The van der Waals surface area contributed by atoms with Crippen LogP contribution in [-0.4, -0.2) is 30.1 Å². The van der Waals surface area contributed by atoms with Crippen LogP contribution in [0.4, 0.5) is 5.95 Å². The zero-order valence-corrected chi connectivity index (χ0v) is 19.9. The Hall–Kier alpha value is -4.52. The number of imidazole rings is 1. The number of aryl methyl sites for hydroxylation is 1. The molecule has 0 saturated heterocycles. The molecule has 5 rings (SSSR count). The number of furan rings is 1. The Bertz CT molecular complexity index is 1560. The summed E-state index contributed by atoms with van der Waals surface area (Å²) >= 11 is 0. The molecule has 0 saturated carbocycles. The van der Waals surface area contributed by atoms with E-state index in [1.54, 1.807) is 26.6 Å². The molecule has 35 heavy (non-hydrogen) atoms. The van der Waals surface area contributed by atoms with Gasteiger partial charge in [-0.2, -0.15) is 0 Å². The van der Waals surface area contributed by atoms with Crippen LogP contribution in [0.5, 0.6) is 11.5 Å². The molecule has 176 valence electrons. The molecule has 0 aliphatic rings. The SMILES string of the molecule is COc1cccc(-c2coc3c(C)c(OC)c(/C(C)=C/C(=O)Nc4nc5ccccc5[nH]4)cc23)c1. The van der Waals surface area contributed by atoms with Crippen LogP contribution < -0.4 is 14.8 Å². The van der Waals surface area contributed by atoms with Gasteiger partial charge in [-0.3, -0.25) is 10.1 Å². The van der Waals surface area contributed by atoms with Crippen molar-refractivity contribution in [3.05, 3.63) is 78.1 Å². The average molecular weight is 468 g/mol. The monoisotopic (exact) mass is 467 g/mol. The summed E-state index contributed by atoms with van der Waals surface area (Å²) in [7, 11) is 3.26. The first-order valence-electron chi connectivity index (χ1n) is 11.2. The van der Waals surface area contributed by atoms with Crippen molar-refractivity contribution < 1.29 is 18.7 Å². The Labute approximate surface area is 202 Å². The molecule has 5 aromatic rings. The molecule has 0 aliphatic carbocycles. The minimum Gasteiger partial charge on any atom is -0.497 e. The van der Waals surface area contributed by atoms with Gasteiger partial charge < -0.3 is 18.9 Å². The van der Waals surface area contributed by atoms with Crippen LogP contribution in [0.15, 0.2) is 71.4 Å². The second-order valence-electron chi connectivity index (χ2n) is 8.26. The van der Waals surface area contributed by atoms with Crippen molar-refractivity contribution >= 4 is 39.4 Å². The molecular weight excluding hydrogens is 442 g/mol. The highest BCUT2D eigenvalue weighted by Crippen LogP contribution is 2.41. The fraction of sp³-hybridized carbons (Fsp3) is 0.143. The predicted octanol–water partition coefficient (Wildman–Crippen LogP) is 6.34. The third-order valence-corrected chi connectivity index (χ3v) is 6.03. The molecule has 2 N–H and O–H groups in total. The molecule has 3 aromatic carbocycles. The fourth-order valence-electron chi connectivity index (χ4n) is 4.33. The number of ether oxygens (including phenoxy) is 2. The van der Waals surface area contributed by atoms with Gasteiger partial charge in [0, 0.05) is 28.2 Å². The Morgan fingerprint density at radius 2 is 1.91 bits per heavy atom. The number of carbonyl (C=O) groups is 1. The van der Waals surface area contributed by atoms with Crippen molar-refractivity contribution in [3.8, 4) is 22.6 Å². The first-order valence-corrected chi connectivity index (χ1v) is 11.2. The van der Waals surface area contributed by atoms with Gasteiger partial charge in [0.1, 0.15) is 17.1 Å². The smallest absolute Gasteiger partial charge is 0.250 e. The molecule has 2 aromatic heterocycles. The zero-order chi connectivity index (χ0) is 24.5. The van der Waals surface area contributed by atoms with E-state index in [1.165, 1.54) is 0 Å². The van der Waals surface area contributed by atoms with Crippen LogP contribution in [-0.2, 0) is 4.79 Å². The normalized spacial score (nSPS) is 11.7. The summed E-state index contributed by atoms with van der Waals surface area (Å²) in [5.41, 5.74) is 6.71. The fourth-order valence-corrected chi connectivity index (χ4v) is 4.33. The largest absolute Gasteiger partial charge is 0.497 e. The van der Waals surface area contributed by atoms with Gasteiger partial charge in [0.25, 0.3) is 5.91 Å². The summed E-state index contributed by atoms with van der Waals surface area (Å²) < 4.78 is 17.1. The molecule has 0 aliphatic heterocycles. The Kier molecular flexibility index (Phi) is 5.74. The molecule has 0 unspecified atom stereocenters. The van der Waals surface area contributed by atoms with E-state index in [2.05, 4.69) is 15.3 Å². The number of hydrogen-bond acceptors (Lipinski definition) is 5. The van der Waals surface area contributed by atoms with Crippen LogP contribution in [0, 0.1) is 6.92 Å². The lowest BCUT2D eigenvalue weighted by Gasteiger charge is -2.13. The van der Waals surface area contributed by atoms with E-state index in [0.29, 0.717) is 11.7 Å². The summed E-state index contributed by atoms with van der Waals surface area (Å²) in [5.74, 6) is 1.53. The number of anilines is 1. The van der Waals surface area contributed by atoms with E-state index in [4.69, 9.17) is 13.9 Å². The van der Waals surface area contributed by atoms with Crippen LogP contribution in [0.2, 0.25) is 0 Å². The van der Waals surface area contributed by atoms with Crippen LogP contribution in [0.1, 0.15) is 18.1 Å². The minimum absolute atomic E-state index is 0.290. The van der Waals surface area contributed by atoms with Gasteiger partial charge in [0.05, 0.1) is 31.5 Å². The van der Waals surface area contributed by atoms with E-state index >= 15 is 0 Å². The van der Waals surface area contributed by atoms with E-state index in [-0.39, 0.29) is 5.91 Å². The van der Waals surface area contributed by atoms with E-state index < -0.39 is 0 Å². The first kappa shape index (κ1) is 22.3. The highest BCUT2D eigenvalue weighted by atomic mass is 16.5. The number of benzene rings is 3. The average Bonchev–Trinajstić information content (AvgIpc) is 3.47. The van der Waals surface area contributed by atoms with Gasteiger partial charge >= 0.3 is 0 Å². The highest BCUT2D eigenvalue weighted by Gasteiger charge is 2.19. The lowest BCUT2D eigenvalue weighted by molar-refractivity contribution is -0.111. The van der Waals surface area contributed by atoms with Crippen LogP contribution >= 0.6 is 0 Å². The number of aromatic amines is 1. The number of H-pyrrole nitrogens is 1. The topological polar surface area (TPSA) is 89.4 Å². The molecule has 0 bridgehead atoms. The van der Waals surface area contributed by atoms with Crippen molar-refractivity contribution in [1.82, 2.24) is 9.97 Å². The predicted molar refractivity (Wildman–Crippen MR) is 138 cm³/mol. The number of hydrogen-bond donors (Lipinski definition) is 2. The third-order valence-electron chi connectivity index (χ3n) is 6.03. The number of nitrogens with zero attached hydrogens (tertiary/aromatic N) is 1. The van der Waals surface area contributed by atoms with Crippen molar-refractivity contribution in [2.24, 2.45) is 0 Å². The van der Waals surface area contributed by atoms with Crippen molar-refractivity contribution in [3.63, 3.8) is 0 Å². The van der Waals surface area contributed by atoms with Crippen LogP contribution in [0.3, 0.4) is 0 Å². The minimum atomic E-state index is -0.290. The van der Waals surface area contributed by atoms with Crippen molar-refractivity contribution in [2.75, 3.05) is 19.5 Å². The highest BCUT2D eigenvalue weighted by molar-refractivity contribution is 6.05. The lowest BCUT2D eigenvalue weighted by atomic mass is 9.96. The summed E-state index contributed by atoms with van der Waals surface area (Å²) in [6.45, 7) is 3.83. The number of amides is 1. The molecule has 7 nitrogen and oxygen atoms in total. The van der Waals surface area contributed by atoms with Crippen molar-refractivity contribution in [2.45, 2.75) is 13.8 Å². The Morgan fingerprint density at radius 3 is 2.69 bits per heavy atom. The van der Waals surface area contributed by atoms with E-state index in [1.807, 2.05) is 68.4 Å². The quantitative estimate of drug-likeness (QED) is 0.284. The maximum atomic E-state index is 12.8. The number of fused-ring (bicyclic) bond motifs is 2. The zero-order valence-electron chi connectivity index (χ0n) is 19.9. The lowest BCUT2D eigenvalue weighted by Crippen LogP contribution is -2.10. The van der Waals surface area contributed by atoms with Gasteiger partial charge in [-0.1, -0.05) is 24.3 Å². The molecule has 0 atom stereocenters. The number of carbonyl (C=O) groups excluding carboxylic acids is 1. The van der Waals surface area contributed by atoms with Gasteiger partial charge in [0.15, 0.2) is 0 Å². The van der Waals surface area contributed by atoms with Gasteiger partial charge in [-0.25, -0.2) is 4.98 Å². The van der Waals surface area contributed by atoms with Gasteiger partial charge in [0.2, 0.25) is 5.95 Å². The molecule has 1 amide bonds. The number of rotatable bonds is 6. The summed E-state index contributed by atoms with van der Waals surface area (Å²) in [6.07, 6.45) is 3.28. The number of nitrogens with one attached hydrogen (secondary N) is 2. The number of aromatic nitrogens is 2. The van der Waals surface area contributed by atoms with Crippen molar-refractivity contribution in [1.29, 1.82) is 0 Å². The second kappa shape index (κ2) is 9.02. The maximum Gasteiger partial charge on any atom is 0.250 e. The standard InChI is InChI=1S/C28H25N3O4/c1-16(12-25(32)31-28-29-23-10-5-6-11-24(23)30-28)20-14-21-22(18-8-7-9-19(13-18)33-3)15-35-27(21)17(2)26(20)34-4/h5-15H,1-4H3,(H2,29,30,31,32)/b16-12+. The third kappa shape index (κ3) is 4.12. The summed E-state index contributed by atoms with van der Waals surface area (Å²) in [5, 5.41) is 3.74. The number of para-hydroxylation sites is 2. The number of allylic oxidation sites excluding steroid dienone is 1. The van der Waals surface area contributed by atoms with E-state index in [0.717, 1.165) is 55.6 Å². The second-order valence-corrected chi connectivity index (χ2v) is 8.26. The maximum absolute atomic E-state index is 12.8. The van der Waals surface area contributed by atoms with Crippen LogP contribution in [0.25, 0.3) is 38.7 Å². The molecule has 0 radical (unpaired) electrons. The molecule has 0 spiro atoms. The molecule has 0 fully saturated rings. The van der Waals surface area contributed by atoms with Gasteiger partial charge in [-0.05, 0) is 55.3 Å². The Balaban J connectivity index is 1.53. The van der Waals surface area contributed by atoms with Gasteiger partial charge in [-0.15, -0.1) is 0 Å². The van der Waals surface area contributed by atoms with E-state index in [9.17, 15) is 4.79 Å². The summed E-state index contributed by atoms with van der Waals surface area (Å²) in [6, 6.07) is 17.4. The Morgan fingerprint density at radius 1 is 1.09 bits per heavy atom. The first-order chi connectivity index (χ1) is 17.0. The molecule has 2 heterocycles.